The van der Waals surface area contributed by atoms with Crippen molar-refractivity contribution in [2.45, 2.75) is 12.6 Å². The molecule has 1 atom stereocenters. The van der Waals surface area contributed by atoms with Crippen molar-refractivity contribution in [3.05, 3.63) is 28.2 Å². The van der Waals surface area contributed by atoms with Gasteiger partial charge < -0.3 is 4.90 Å². The number of alkyl halides is 3. The quantitative estimate of drug-likeness (QED) is 0.791. The Morgan fingerprint density at radius 3 is 2.58 bits per heavy atom. The van der Waals surface area contributed by atoms with Gasteiger partial charge in [-0.1, -0.05) is 15.9 Å². The number of rotatable bonds is 1. The van der Waals surface area contributed by atoms with Crippen molar-refractivity contribution < 1.29 is 18.0 Å². The maximum Gasteiger partial charge on any atom is 0.416 e. The van der Waals surface area contributed by atoms with E-state index in [-0.39, 0.29) is 29.0 Å². The summed E-state index contributed by atoms with van der Waals surface area (Å²) in [6.45, 7) is 0.128. The molecule has 1 aliphatic heterocycles. The summed E-state index contributed by atoms with van der Waals surface area (Å²) in [5, 5.41) is 8.77. The van der Waals surface area contributed by atoms with Crippen LogP contribution in [0.25, 0.3) is 0 Å². The molecule has 1 unspecified atom stereocenters. The number of benzene rings is 1. The topological polar surface area (TPSA) is 44.1 Å². The van der Waals surface area contributed by atoms with Crippen molar-refractivity contribution >= 4 is 27.5 Å². The highest BCUT2D eigenvalue weighted by Crippen LogP contribution is 2.35. The van der Waals surface area contributed by atoms with E-state index >= 15 is 0 Å². The molecule has 1 aliphatic rings. The van der Waals surface area contributed by atoms with E-state index in [4.69, 9.17) is 5.26 Å². The van der Waals surface area contributed by atoms with Gasteiger partial charge in [0.15, 0.2) is 0 Å². The Morgan fingerprint density at radius 1 is 1.37 bits per heavy atom. The number of amides is 1. The predicted molar refractivity (Wildman–Crippen MR) is 65.2 cm³/mol. The number of hydrogen-bond donors (Lipinski definition) is 0. The zero-order chi connectivity index (χ0) is 14.2. The van der Waals surface area contributed by atoms with E-state index in [1.54, 1.807) is 0 Å². The zero-order valence-electron chi connectivity index (χ0n) is 9.54. The van der Waals surface area contributed by atoms with Crippen LogP contribution in [0, 0.1) is 17.2 Å². The molecule has 0 aromatic heterocycles. The standard InChI is InChI=1S/C12H8BrF3N2O/c13-9-2-8(12(14,15)16)3-10(4-9)18-6-7(5-17)1-11(18)19/h2-4,7H,1,6H2. The van der Waals surface area contributed by atoms with Gasteiger partial charge in [0.25, 0.3) is 0 Å². The monoisotopic (exact) mass is 332 g/mol. The molecule has 1 fully saturated rings. The number of carbonyl (C=O) groups excluding carboxylic acids is 1. The molecule has 0 aliphatic carbocycles. The van der Waals surface area contributed by atoms with Crippen LogP contribution >= 0.6 is 15.9 Å². The van der Waals surface area contributed by atoms with Crippen molar-refractivity contribution in [1.82, 2.24) is 0 Å². The minimum atomic E-state index is -4.48. The molecule has 1 saturated heterocycles. The fourth-order valence-electron chi connectivity index (χ4n) is 1.94. The van der Waals surface area contributed by atoms with Crippen LogP contribution in [-0.4, -0.2) is 12.5 Å². The van der Waals surface area contributed by atoms with Gasteiger partial charge in [0.05, 0.1) is 17.6 Å². The molecule has 19 heavy (non-hydrogen) atoms. The van der Waals surface area contributed by atoms with Crippen LogP contribution in [0.5, 0.6) is 0 Å². The molecular weight excluding hydrogens is 325 g/mol. The van der Waals surface area contributed by atoms with E-state index in [2.05, 4.69) is 15.9 Å². The summed E-state index contributed by atoms with van der Waals surface area (Å²) in [6.07, 6.45) is -4.43. The predicted octanol–water partition coefficient (Wildman–Crippen LogP) is 3.34. The van der Waals surface area contributed by atoms with Crippen LogP contribution in [0.4, 0.5) is 18.9 Å². The Kier molecular flexibility index (Phi) is 3.54. The second-order valence-electron chi connectivity index (χ2n) is 4.23. The molecule has 7 heteroatoms. The molecule has 0 radical (unpaired) electrons. The van der Waals surface area contributed by atoms with Crippen molar-refractivity contribution in [1.29, 1.82) is 5.26 Å². The first kappa shape index (κ1) is 13.9. The van der Waals surface area contributed by atoms with Crippen LogP contribution in [0.1, 0.15) is 12.0 Å². The van der Waals surface area contributed by atoms with Gasteiger partial charge in [-0.05, 0) is 18.2 Å². The summed E-state index contributed by atoms with van der Waals surface area (Å²) in [4.78, 5) is 12.9. The molecule has 0 spiro atoms. The Hall–Kier alpha value is -1.55. The van der Waals surface area contributed by atoms with E-state index < -0.39 is 17.7 Å². The third kappa shape index (κ3) is 2.89. The highest BCUT2D eigenvalue weighted by molar-refractivity contribution is 9.10. The number of hydrogen-bond acceptors (Lipinski definition) is 2. The summed E-state index contributed by atoms with van der Waals surface area (Å²) in [6, 6.07) is 5.26. The van der Waals surface area contributed by atoms with Gasteiger partial charge in [-0.2, -0.15) is 18.4 Å². The van der Waals surface area contributed by atoms with Gasteiger partial charge >= 0.3 is 6.18 Å². The lowest BCUT2D eigenvalue weighted by Crippen LogP contribution is -2.24. The second-order valence-corrected chi connectivity index (χ2v) is 5.15. The van der Waals surface area contributed by atoms with Crippen molar-refractivity contribution in [2.24, 2.45) is 5.92 Å². The summed E-state index contributed by atoms with van der Waals surface area (Å²) in [7, 11) is 0. The van der Waals surface area contributed by atoms with E-state index in [1.807, 2.05) is 6.07 Å². The first-order valence-corrected chi connectivity index (χ1v) is 6.18. The van der Waals surface area contributed by atoms with Gasteiger partial charge in [0.1, 0.15) is 0 Å². The van der Waals surface area contributed by atoms with E-state index in [1.165, 1.54) is 11.0 Å². The van der Waals surface area contributed by atoms with Crippen LogP contribution < -0.4 is 4.90 Å². The maximum atomic E-state index is 12.7. The number of nitriles is 1. The lowest BCUT2D eigenvalue weighted by molar-refractivity contribution is -0.137. The molecule has 1 amide bonds. The highest BCUT2D eigenvalue weighted by atomic mass is 79.9. The molecular formula is C12H8BrF3N2O. The molecule has 0 N–H and O–H groups in total. The minimum absolute atomic E-state index is 0.0460. The fourth-order valence-corrected chi connectivity index (χ4v) is 2.42. The zero-order valence-corrected chi connectivity index (χ0v) is 11.1. The highest BCUT2D eigenvalue weighted by Gasteiger charge is 2.34. The molecule has 100 valence electrons. The number of anilines is 1. The molecule has 3 nitrogen and oxygen atoms in total. The SMILES string of the molecule is N#CC1CC(=O)N(c2cc(Br)cc(C(F)(F)F)c2)C1. The number of nitrogens with zero attached hydrogens (tertiary/aromatic N) is 2. The second kappa shape index (κ2) is 4.85. The molecule has 1 aromatic carbocycles. The maximum absolute atomic E-state index is 12.7. The van der Waals surface area contributed by atoms with Gasteiger partial charge in [0.2, 0.25) is 5.91 Å². The molecule has 0 saturated carbocycles. The molecule has 1 heterocycles. The smallest absolute Gasteiger partial charge is 0.311 e. The van der Waals surface area contributed by atoms with Crippen LogP contribution in [0.15, 0.2) is 22.7 Å². The Bertz CT molecular complexity index is 565. The first-order chi connectivity index (χ1) is 8.81. The van der Waals surface area contributed by atoms with Crippen LogP contribution in [0.2, 0.25) is 0 Å². The first-order valence-electron chi connectivity index (χ1n) is 5.39. The third-order valence-corrected chi connectivity index (χ3v) is 3.29. The summed E-state index contributed by atoms with van der Waals surface area (Å²) in [5.41, 5.74) is -0.672. The average Bonchev–Trinajstić information content (AvgIpc) is 2.68. The van der Waals surface area contributed by atoms with E-state index in [9.17, 15) is 18.0 Å². The Labute approximate surface area is 115 Å². The summed E-state index contributed by atoms with van der Waals surface area (Å²) >= 11 is 3.00. The fraction of sp³-hybridized carbons (Fsp3) is 0.333. The van der Waals surface area contributed by atoms with Crippen LogP contribution in [0.3, 0.4) is 0 Å². The average molecular weight is 333 g/mol. The third-order valence-electron chi connectivity index (χ3n) is 2.83. The van der Waals surface area contributed by atoms with Crippen molar-refractivity contribution in [2.75, 3.05) is 11.4 Å². The largest absolute Gasteiger partial charge is 0.416 e. The Balaban J connectivity index is 2.39. The van der Waals surface area contributed by atoms with Crippen LogP contribution in [-0.2, 0) is 11.0 Å². The summed E-state index contributed by atoms with van der Waals surface area (Å²) < 4.78 is 38.3. The van der Waals surface area contributed by atoms with Gasteiger partial charge in [-0.3, -0.25) is 4.79 Å². The number of carbonyl (C=O) groups is 1. The molecule has 0 bridgehead atoms. The summed E-state index contributed by atoms with van der Waals surface area (Å²) in [5.74, 6) is -0.807. The van der Waals surface area contributed by atoms with Crippen molar-refractivity contribution in [3.8, 4) is 6.07 Å². The van der Waals surface area contributed by atoms with E-state index in [0.29, 0.717) is 0 Å². The van der Waals surface area contributed by atoms with Gasteiger partial charge in [-0.15, -0.1) is 0 Å². The van der Waals surface area contributed by atoms with Crippen molar-refractivity contribution in [3.63, 3.8) is 0 Å². The number of halogens is 4. The minimum Gasteiger partial charge on any atom is -0.311 e. The van der Waals surface area contributed by atoms with E-state index in [0.717, 1.165) is 12.1 Å². The molecule has 1 aromatic rings. The van der Waals surface area contributed by atoms with Gasteiger partial charge in [0, 0.05) is 23.1 Å². The molecule has 2 rings (SSSR count). The lowest BCUT2D eigenvalue weighted by Gasteiger charge is -2.18. The normalized spacial score (nSPS) is 19.6. The lowest BCUT2D eigenvalue weighted by atomic mass is 10.1. The Morgan fingerprint density at radius 2 is 2.05 bits per heavy atom. The van der Waals surface area contributed by atoms with Gasteiger partial charge in [-0.25, -0.2) is 0 Å².